The Morgan fingerprint density at radius 2 is 1.97 bits per heavy atom. The van der Waals surface area contributed by atoms with Crippen molar-refractivity contribution in [3.63, 3.8) is 0 Å². The first kappa shape index (κ1) is 23.2. The maximum atomic E-state index is 13.7. The van der Waals surface area contributed by atoms with E-state index in [0.29, 0.717) is 29.8 Å². The number of amides is 1. The topological polar surface area (TPSA) is 93.5 Å². The molecular weight excluding hydrogens is 435 g/mol. The van der Waals surface area contributed by atoms with Gasteiger partial charge >= 0.3 is 0 Å². The first-order chi connectivity index (χ1) is 16.3. The Hall–Kier alpha value is -3.94. The number of carbonyl (C=O) groups excluding carboxylic acids is 2. The molecule has 1 N–H and O–H groups in total. The molecule has 1 saturated carbocycles. The number of aromatic nitrogens is 2. The standard InChI is InChI=1S/C26H25FN4O3/c1-4-8-20(27)17(3)25(33)30-22-15-28-21(14-29-22)19-13-18(10-9-16(19)2)23-24(32)26(34-31-23)11-6-5-7-12-26/h4,8-10,13-15H,1,3,5-7,11-12H2,2H3,(H,29,30,33). The van der Waals surface area contributed by atoms with Crippen molar-refractivity contribution in [2.24, 2.45) is 5.16 Å². The van der Waals surface area contributed by atoms with E-state index in [1.54, 1.807) is 0 Å². The third-order valence-electron chi connectivity index (χ3n) is 6.11. The number of anilines is 1. The van der Waals surface area contributed by atoms with Gasteiger partial charge in [0.2, 0.25) is 11.4 Å². The minimum Gasteiger partial charge on any atom is -0.380 e. The molecule has 1 spiro atoms. The van der Waals surface area contributed by atoms with E-state index in [4.69, 9.17) is 4.84 Å². The highest BCUT2D eigenvalue weighted by molar-refractivity contribution is 6.49. The fraction of sp³-hybridized carbons (Fsp3) is 0.269. The average Bonchev–Trinajstić information content (AvgIpc) is 3.15. The zero-order valence-electron chi connectivity index (χ0n) is 18.9. The summed E-state index contributed by atoms with van der Waals surface area (Å²) in [7, 11) is 0. The fourth-order valence-electron chi connectivity index (χ4n) is 4.14. The van der Waals surface area contributed by atoms with Crippen molar-refractivity contribution in [1.82, 2.24) is 9.97 Å². The van der Waals surface area contributed by atoms with Crippen LogP contribution in [0.25, 0.3) is 11.3 Å². The van der Waals surface area contributed by atoms with Gasteiger partial charge in [-0.3, -0.25) is 14.6 Å². The summed E-state index contributed by atoms with van der Waals surface area (Å²) in [5.74, 6) is -1.43. The molecule has 1 amide bonds. The molecular formula is C26H25FN4O3. The highest BCUT2D eigenvalue weighted by Crippen LogP contribution is 2.37. The number of hydrogen-bond donors (Lipinski definition) is 1. The molecule has 1 fully saturated rings. The molecule has 0 saturated heterocycles. The van der Waals surface area contributed by atoms with E-state index in [0.717, 1.165) is 36.5 Å². The van der Waals surface area contributed by atoms with E-state index >= 15 is 0 Å². The first-order valence-corrected chi connectivity index (χ1v) is 11.1. The number of allylic oxidation sites excluding steroid dienone is 2. The number of hydrogen-bond acceptors (Lipinski definition) is 6. The highest BCUT2D eigenvalue weighted by atomic mass is 19.1. The number of ketones is 1. The van der Waals surface area contributed by atoms with Crippen molar-refractivity contribution in [1.29, 1.82) is 0 Å². The average molecular weight is 461 g/mol. The van der Waals surface area contributed by atoms with Crippen molar-refractivity contribution >= 4 is 23.2 Å². The molecule has 8 heteroatoms. The van der Waals surface area contributed by atoms with Gasteiger partial charge in [-0.15, -0.1) is 0 Å². The Bertz CT molecular complexity index is 1230. The fourth-order valence-corrected chi connectivity index (χ4v) is 4.14. The van der Waals surface area contributed by atoms with E-state index in [-0.39, 0.29) is 17.2 Å². The maximum absolute atomic E-state index is 13.7. The van der Waals surface area contributed by atoms with Gasteiger partial charge in [0.05, 0.1) is 23.7 Å². The van der Waals surface area contributed by atoms with Gasteiger partial charge in [0, 0.05) is 11.1 Å². The molecule has 2 heterocycles. The maximum Gasteiger partial charge on any atom is 0.259 e. The van der Waals surface area contributed by atoms with Crippen LogP contribution in [0.4, 0.5) is 10.2 Å². The quantitative estimate of drug-likeness (QED) is 0.484. The van der Waals surface area contributed by atoms with Crippen LogP contribution in [-0.2, 0) is 14.4 Å². The van der Waals surface area contributed by atoms with E-state index in [1.807, 2.05) is 25.1 Å². The summed E-state index contributed by atoms with van der Waals surface area (Å²) in [5.41, 5.74) is 2.08. The Morgan fingerprint density at radius 1 is 1.21 bits per heavy atom. The molecule has 7 nitrogen and oxygen atoms in total. The second-order valence-corrected chi connectivity index (χ2v) is 8.41. The van der Waals surface area contributed by atoms with Gasteiger partial charge in [-0.25, -0.2) is 9.37 Å². The lowest BCUT2D eigenvalue weighted by Gasteiger charge is -2.28. The summed E-state index contributed by atoms with van der Waals surface area (Å²) < 4.78 is 13.7. The number of nitrogens with one attached hydrogen (secondary N) is 1. The van der Waals surface area contributed by atoms with Gasteiger partial charge in [-0.05, 0) is 50.3 Å². The Balaban J connectivity index is 1.53. The highest BCUT2D eigenvalue weighted by Gasteiger charge is 2.49. The van der Waals surface area contributed by atoms with Gasteiger partial charge in [-0.1, -0.05) is 42.9 Å². The van der Waals surface area contributed by atoms with Gasteiger partial charge in [-0.2, -0.15) is 0 Å². The minimum atomic E-state index is -0.817. The molecule has 1 aromatic heterocycles. The van der Waals surface area contributed by atoms with Gasteiger partial charge in [0.15, 0.2) is 11.5 Å². The lowest BCUT2D eigenvalue weighted by Crippen LogP contribution is -2.41. The van der Waals surface area contributed by atoms with E-state index < -0.39 is 17.3 Å². The molecule has 174 valence electrons. The predicted molar refractivity (Wildman–Crippen MR) is 128 cm³/mol. The number of carbonyl (C=O) groups is 2. The molecule has 0 radical (unpaired) electrons. The number of rotatable bonds is 6. The van der Waals surface area contributed by atoms with Gasteiger partial charge < -0.3 is 10.2 Å². The van der Waals surface area contributed by atoms with Crippen LogP contribution in [0.3, 0.4) is 0 Å². The number of oxime groups is 1. The number of aryl methyl sites for hydroxylation is 1. The number of benzene rings is 1. The third kappa shape index (κ3) is 4.44. The zero-order chi connectivity index (χ0) is 24.3. The SMILES string of the molecule is C=CC=C(F)C(=C)C(=O)Nc1cnc(-c2cc(C3=NOC4(CCCCC4)C3=O)ccc2C)cn1. The summed E-state index contributed by atoms with van der Waals surface area (Å²) in [4.78, 5) is 39.5. The van der Waals surface area contributed by atoms with E-state index in [9.17, 15) is 14.0 Å². The Kier molecular flexibility index (Phi) is 6.49. The predicted octanol–water partition coefficient (Wildman–Crippen LogP) is 4.99. The zero-order valence-corrected chi connectivity index (χ0v) is 18.9. The van der Waals surface area contributed by atoms with Crippen LogP contribution in [-0.4, -0.2) is 33.0 Å². The number of nitrogens with zero attached hydrogens (tertiary/aromatic N) is 3. The molecule has 34 heavy (non-hydrogen) atoms. The molecule has 2 aromatic rings. The first-order valence-electron chi connectivity index (χ1n) is 11.1. The lowest BCUT2D eigenvalue weighted by atomic mass is 9.79. The lowest BCUT2D eigenvalue weighted by molar-refractivity contribution is -0.136. The molecule has 1 aliphatic carbocycles. The molecule has 1 aliphatic heterocycles. The minimum absolute atomic E-state index is 0.0656. The van der Waals surface area contributed by atoms with Crippen molar-refractivity contribution < 1.29 is 18.8 Å². The molecule has 1 aromatic carbocycles. The Labute approximate surface area is 197 Å². The summed E-state index contributed by atoms with van der Waals surface area (Å²) in [5, 5.41) is 6.61. The summed E-state index contributed by atoms with van der Waals surface area (Å²) in [6.07, 6.45) is 9.54. The second kappa shape index (κ2) is 9.51. The largest absolute Gasteiger partial charge is 0.380 e. The molecule has 2 aliphatic rings. The van der Waals surface area contributed by atoms with Crippen LogP contribution in [0, 0.1) is 6.92 Å². The summed E-state index contributed by atoms with van der Waals surface area (Å²) in [6, 6.07) is 5.58. The van der Waals surface area contributed by atoms with Crippen LogP contribution in [0.2, 0.25) is 0 Å². The molecule has 0 unspecified atom stereocenters. The summed E-state index contributed by atoms with van der Waals surface area (Å²) >= 11 is 0. The van der Waals surface area contributed by atoms with Crippen LogP contribution in [0.1, 0.15) is 43.2 Å². The smallest absolute Gasteiger partial charge is 0.259 e. The van der Waals surface area contributed by atoms with Crippen molar-refractivity contribution in [3.05, 3.63) is 78.4 Å². The normalized spacial score (nSPS) is 17.2. The molecule has 0 atom stereocenters. The third-order valence-corrected chi connectivity index (χ3v) is 6.11. The van der Waals surface area contributed by atoms with Crippen molar-refractivity contribution in [2.75, 3.05) is 5.32 Å². The van der Waals surface area contributed by atoms with Crippen LogP contribution >= 0.6 is 0 Å². The van der Waals surface area contributed by atoms with Gasteiger partial charge in [0.25, 0.3) is 5.91 Å². The number of Topliss-reactive ketones (excluding diaryl/α,β-unsaturated/α-hetero) is 1. The van der Waals surface area contributed by atoms with Crippen molar-refractivity contribution in [3.8, 4) is 11.3 Å². The second-order valence-electron chi connectivity index (χ2n) is 8.41. The summed E-state index contributed by atoms with van der Waals surface area (Å²) in [6.45, 7) is 8.74. The molecule has 4 rings (SSSR count). The van der Waals surface area contributed by atoms with Crippen molar-refractivity contribution in [2.45, 2.75) is 44.6 Å². The molecule has 0 bridgehead atoms. The van der Waals surface area contributed by atoms with Gasteiger partial charge in [0.1, 0.15) is 5.83 Å². The van der Waals surface area contributed by atoms with E-state index in [2.05, 4.69) is 33.6 Å². The Morgan fingerprint density at radius 3 is 2.65 bits per heavy atom. The number of halogens is 1. The van der Waals surface area contributed by atoms with Crippen LogP contribution in [0.15, 0.2) is 72.5 Å². The van der Waals surface area contributed by atoms with Crippen LogP contribution in [0.5, 0.6) is 0 Å². The monoisotopic (exact) mass is 460 g/mol. The van der Waals surface area contributed by atoms with Crippen LogP contribution < -0.4 is 5.32 Å². The van der Waals surface area contributed by atoms with E-state index in [1.165, 1.54) is 18.5 Å².